The Morgan fingerprint density at radius 1 is 1.19 bits per heavy atom. The molecule has 0 radical (unpaired) electrons. The number of thioether (sulfide) groups is 1. The van der Waals surface area contributed by atoms with Crippen LogP contribution < -0.4 is 5.32 Å². The Morgan fingerprint density at radius 2 is 2.12 bits per heavy atom. The van der Waals surface area contributed by atoms with Gasteiger partial charge in [0.1, 0.15) is 0 Å². The van der Waals surface area contributed by atoms with Gasteiger partial charge in [-0.1, -0.05) is 0 Å². The molecule has 1 rings (SSSR count). The summed E-state index contributed by atoms with van der Waals surface area (Å²) < 4.78 is 4.98. The Balaban J connectivity index is 1.86. The Kier molecular flexibility index (Phi) is 9.28. The smallest absolute Gasteiger partial charge is 0.0587 e. The molecule has 1 N–H and O–H groups in total. The number of ether oxygens (including phenoxy) is 1. The van der Waals surface area contributed by atoms with Gasteiger partial charge in [0.15, 0.2) is 0 Å². The number of hydrogen-bond donors (Lipinski definition) is 1. The highest BCUT2D eigenvalue weighted by Crippen LogP contribution is 2.10. The fourth-order valence-electron chi connectivity index (χ4n) is 1.91. The first-order chi connectivity index (χ1) is 7.93. The molecule has 0 aliphatic carbocycles. The van der Waals surface area contributed by atoms with Crippen LogP contribution in [0.15, 0.2) is 0 Å². The third-order valence-electron chi connectivity index (χ3n) is 2.88. The number of methoxy groups -OCH3 is 1. The van der Waals surface area contributed by atoms with E-state index >= 15 is 0 Å². The van der Waals surface area contributed by atoms with E-state index in [1.807, 2.05) is 0 Å². The molecule has 0 spiro atoms. The Hall–Kier alpha value is 0.230. The van der Waals surface area contributed by atoms with Crippen LogP contribution in [-0.4, -0.2) is 62.8 Å². The molecule has 0 bridgehead atoms. The minimum absolute atomic E-state index is 0.823. The first kappa shape index (κ1) is 14.3. The average Bonchev–Trinajstić information content (AvgIpc) is 2.56. The standard InChI is InChI=1S/C12H26N2OS/c1-15-10-6-13-5-2-3-7-14-8-4-11-16-12-9-14/h13H,2-12H2,1H3. The lowest BCUT2D eigenvalue weighted by atomic mass is 10.2. The predicted molar refractivity (Wildman–Crippen MR) is 72.4 cm³/mol. The van der Waals surface area contributed by atoms with Gasteiger partial charge in [0.2, 0.25) is 0 Å². The van der Waals surface area contributed by atoms with Crippen LogP contribution in [0.25, 0.3) is 0 Å². The molecule has 1 aliphatic rings. The van der Waals surface area contributed by atoms with Gasteiger partial charge in [-0.3, -0.25) is 0 Å². The zero-order valence-corrected chi connectivity index (χ0v) is 11.4. The first-order valence-electron chi connectivity index (χ1n) is 6.43. The molecule has 0 atom stereocenters. The van der Waals surface area contributed by atoms with Crippen LogP contribution in [0, 0.1) is 0 Å². The fraction of sp³-hybridized carbons (Fsp3) is 1.00. The first-order valence-corrected chi connectivity index (χ1v) is 7.58. The topological polar surface area (TPSA) is 24.5 Å². The lowest BCUT2D eigenvalue weighted by Crippen LogP contribution is -2.28. The van der Waals surface area contributed by atoms with E-state index in [0.717, 1.165) is 19.7 Å². The van der Waals surface area contributed by atoms with Crippen LogP contribution in [0.3, 0.4) is 0 Å². The van der Waals surface area contributed by atoms with Gasteiger partial charge in [0.25, 0.3) is 0 Å². The Morgan fingerprint density at radius 3 is 3.00 bits per heavy atom. The van der Waals surface area contributed by atoms with Crippen molar-refractivity contribution in [3.8, 4) is 0 Å². The Bertz CT molecular complexity index is 150. The molecule has 3 nitrogen and oxygen atoms in total. The van der Waals surface area contributed by atoms with Crippen molar-refractivity contribution in [2.75, 3.05) is 57.9 Å². The highest BCUT2D eigenvalue weighted by Gasteiger charge is 2.07. The van der Waals surface area contributed by atoms with Crippen LogP contribution in [0.5, 0.6) is 0 Å². The van der Waals surface area contributed by atoms with E-state index in [1.165, 1.54) is 50.4 Å². The van der Waals surface area contributed by atoms with Crippen molar-refractivity contribution in [2.45, 2.75) is 19.3 Å². The van der Waals surface area contributed by atoms with Crippen LogP contribution in [-0.2, 0) is 4.74 Å². The van der Waals surface area contributed by atoms with Gasteiger partial charge in [-0.15, -0.1) is 0 Å². The second-order valence-corrected chi connectivity index (χ2v) is 5.48. The van der Waals surface area contributed by atoms with Crippen molar-refractivity contribution in [1.29, 1.82) is 0 Å². The van der Waals surface area contributed by atoms with E-state index in [-0.39, 0.29) is 0 Å². The summed E-state index contributed by atoms with van der Waals surface area (Å²) in [5.74, 6) is 2.68. The van der Waals surface area contributed by atoms with Gasteiger partial charge >= 0.3 is 0 Å². The largest absolute Gasteiger partial charge is 0.383 e. The number of unbranched alkanes of at least 4 members (excludes halogenated alkanes) is 1. The summed E-state index contributed by atoms with van der Waals surface area (Å²) in [5, 5.41) is 3.39. The molecule has 1 heterocycles. The molecule has 0 aromatic carbocycles. The molecule has 4 heteroatoms. The monoisotopic (exact) mass is 246 g/mol. The molecule has 0 unspecified atom stereocenters. The molecule has 96 valence electrons. The fourth-order valence-corrected chi connectivity index (χ4v) is 2.83. The lowest BCUT2D eigenvalue weighted by molar-refractivity contribution is 0.199. The van der Waals surface area contributed by atoms with Gasteiger partial charge in [-0.05, 0) is 44.6 Å². The summed E-state index contributed by atoms with van der Waals surface area (Å²) in [6.07, 6.45) is 3.98. The molecule has 0 amide bonds. The molecule has 1 fully saturated rings. The van der Waals surface area contributed by atoms with Gasteiger partial charge in [-0.25, -0.2) is 0 Å². The lowest BCUT2D eigenvalue weighted by Gasteiger charge is -2.19. The summed E-state index contributed by atoms with van der Waals surface area (Å²) in [7, 11) is 1.75. The van der Waals surface area contributed by atoms with Gasteiger partial charge < -0.3 is 15.0 Å². The van der Waals surface area contributed by atoms with Crippen molar-refractivity contribution in [3.63, 3.8) is 0 Å². The Labute approximate surface area is 104 Å². The molecular formula is C12H26N2OS. The molecule has 0 aromatic rings. The van der Waals surface area contributed by atoms with Gasteiger partial charge in [0.05, 0.1) is 6.61 Å². The second-order valence-electron chi connectivity index (χ2n) is 4.26. The minimum atomic E-state index is 0.823. The third kappa shape index (κ3) is 7.49. The number of nitrogens with zero attached hydrogens (tertiary/aromatic N) is 1. The van der Waals surface area contributed by atoms with Crippen molar-refractivity contribution < 1.29 is 4.74 Å². The van der Waals surface area contributed by atoms with Crippen LogP contribution in [0.2, 0.25) is 0 Å². The zero-order valence-electron chi connectivity index (χ0n) is 10.5. The second kappa shape index (κ2) is 10.4. The SMILES string of the molecule is COCCNCCCCN1CCCSCC1. The normalized spacial score (nSPS) is 18.6. The average molecular weight is 246 g/mol. The number of nitrogens with one attached hydrogen (secondary N) is 1. The predicted octanol–water partition coefficient (Wildman–Crippen LogP) is 1.44. The maximum atomic E-state index is 4.98. The van der Waals surface area contributed by atoms with E-state index in [4.69, 9.17) is 4.74 Å². The summed E-state index contributed by atoms with van der Waals surface area (Å²) >= 11 is 2.10. The molecular weight excluding hydrogens is 220 g/mol. The highest BCUT2D eigenvalue weighted by molar-refractivity contribution is 7.99. The number of rotatable bonds is 8. The van der Waals surface area contributed by atoms with Crippen molar-refractivity contribution in [1.82, 2.24) is 10.2 Å². The van der Waals surface area contributed by atoms with E-state index < -0.39 is 0 Å². The zero-order chi connectivity index (χ0) is 11.5. The maximum Gasteiger partial charge on any atom is 0.0587 e. The van der Waals surface area contributed by atoms with E-state index in [1.54, 1.807) is 7.11 Å². The van der Waals surface area contributed by atoms with Crippen LogP contribution in [0.1, 0.15) is 19.3 Å². The van der Waals surface area contributed by atoms with E-state index in [2.05, 4.69) is 22.0 Å². The van der Waals surface area contributed by atoms with Gasteiger partial charge in [-0.2, -0.15) is 11.8 Å². The van der Waals surface area contributed by atoms with Crippen LogP contribution in [0.4, 0.5) is 0 Å². The molecule has 16 heavy (non-hydrogen) atoms. The quantitative estimate of drug-likeness (QED) is 0.655. The molecule has 1 aliphatic heterocycles. The summed E-state index contributed by atoms with van der Waals surface area (Å²) in [4.78, 5) is 2.62. The van der Waals surface area contributed by atoms with E-state index in [0.29, 0.717) is 0 Å². The highest BCUT2D eigenvalue weighted by atomic mass is 32.2. The number of hydrogen-bond acceptors (Lipinski definition) is 4. The van der Waals surface area contributed by atoms with Crippen molar-refractivity contribution in [3.05, 3.63) is 0 Å². The molecule has 1 saturated heterocycles. The maximum absolute atomic E-state index is 4.98. The van der Waals surface area contributed by atoms with Crippen molar-refractivity contribution >= 4 is 11.8 Å². The summed E-state index contributed by atoms with van der Waals surface area (Å²) in [6.45, 7) is 6.82. The van der Waals surface area contributed by atoms with Crippen molar-refractivity contribution in [2.24, 2.45) is 0 Å². The minimum Gasteiger partial charge on any atom is -0.383 e. The third-order valence-corrected chi connectivity index (χ3v) is 3.92. The van der Waals surface area contributed by atoms with Gasteiger partial charge in [0, 0.05) is 26.0 Å². The van der Waals surface area contributed by atoms with E-state index in [9.17, 15) is 0 Å². The summed E-state index contributed by atoms with van der Waals surface area (Å²) in [6, 6.07) is 0. The van der Waals surface area contributed by atoms with Crippen LogP contribution >= 0.6 is 11.8 Å². The molecule has 0 saturated carbocycles. The molecule has 0 aromatic heterocycles. The summed E-state index contributed by atoms with van der Waals surface area (Å²) in [5.41, 5.74) is 0.